The standard InChI is InChI=1S/C14H22N2O3/c1-14(2,8-9-19-3)11-15-10-12-4-6-13(7-5-12)16(17)18/h4-7,15H,8-11H2,1-3H3. The maximum atomic E-state index is 10.5. The van der Waals surface area contributed by atoms with Gasteiger partial charge in [0.1, 0.15) is 0 Å². The highest BCUT2D eigenvalue weighted by atomic mass is 16.6. The SMILES string of the molecule is COCCC(C)(C)CNCc1ccc([N+](=O)[O-])cc1. The first-order chi connectivity index (χ1) is 8.94. The normalized spacial score (nSPS) is 11.5. The molecule has 5 nitrogen and oxygen atoms in total. The molecular weight excluding hydrogens is 244 g/mol. The first kappa shape index (κ1) is 15.6. The van der Waals surface area contributed by atoms with Crippen molar-refractivity contribution in [2.45, 2.75) is 26.8 Å². The molecule has 5 heteroatoms. The van der Waals surface area contributed by atoms with Crippen LogP contribution >= 0.6 is 0 Å². The van der Waals surface area contributed by atoms with Crippen molar-refractivity contribution in [2.24, 2.45) is 5.41 Å². The van der Waals surface area contributed by atoms with Crippen LogP contribution in [-0.2, 0) is 11.3 Å². The topological polar surface area (TPSA) is 64.4 Å². The molecule has 1 rings (SSSR count). The Kier molecular flexibility index (Phi) is 5.92. The van der Waals surface area contributed by atoms with E-state index >= 15 is 0 Å². The fraction of sp³-hybridized carbons (Fsp3) is 0.571. The van der Waals surface area contributed by atoms with Gasteiger partial charge in [0.05, 0.1) is 4.92 Å². The van der Waals surface area contributed by atoms with Crippen LogP contribution in [0.2, 0.25) is 0 Å². The third kappa shape index (κ3) is 5.81. The van der Waals surface area contributed by atoms with E-state index in [4.69, 9.17) is 4.74 Å². The lowest BCUT2D eigenvalue weighted by Crippen LogP contribution is -2.30. The summed E-state index contributed by atoms with van der Waals surface area (Å²) in [5, 5.41) is 13.9. The summed E-state index contributed by atoms with van der Waals surface area (Å²) >= 11 is 0. The average molecular weight is 266 g/mol. The van der Waals surface area contributed by atoms with E-state index in [-0.39, 0.29) is 16.0 Å². The predicted octanol–water partition coefficient (Wildman–Crippen LogP) is 2.75. The molecule has 0 amide bonds. The molecule has 0 aliphatic carbocycles. The lowest BCUT2D eigenvalue weighted by molar-refractivity contribution is -0.384. The summed E-state index contributed by atoms with van der Waals surface area (Å²) in [7, 11) is 1.71. The largest absolute Gasteiger partial charge is 0.385 e. The average Bonchev–Trinajstić information content (AvgIpc) is 2.37. The van der Waals surface area contributed by atoms with Crippen molar-refractivity contribution < 1.29 is 9.66 Å². The minimum Gasteiger partial charge on any atom is -0.385 e. The van der Waals surface area contributed by atoms with Crippen LogP contribution in [0.1, 0.15) is 25.8 Å². The van der Waals surface area contributed by atoms with Crippen LogP contribution in [0, 0.1) is 15.5 Å². The second-order valence-corrected chi connectivity index (χ2v) is 5.43. The third-order valence-electron chi connectivity index (χ3n) is 3.06. The molecule has 0 fully saturated rings. The molecule has 0 aliphatic heterocycles. The number of non-ortho nitro benzene ring substituents is 1. The predicted molar refractivity (Wildman–Crippen MR) is 75.1 cm³/mol. The van der Waals surface area contributed by atoms with Gasteiger partial charge in [-0.1, -0.05) is 26.0 Å². The number of hydrogen-bond donors (Lipinski definition) is 1. The van der Waals surface area contributed by atoms with Gasteiger partial charge >= 0.3 is 0 Å². The number of methoxy groups -OCH3 is 1. The van der Waals surface area contributed by atoms with Crippen LogP contribution in [-0.4, -0.2) is 25.2 Å². The van der Waals surface area contributed by atoms with E-state index in [9.17, 15) is 10.1 Å². The highest BCUT2D eigenvalue weighted by Crippen LogP contribution is 2.19. The summed E-state index contributed by atoms with van der Waals surface area (Å²) in [6.07, 6.45) is 0.997. The number of nitrogens with zero attached hydrogens (tertiary/aromatic N) is 1. The molecule has 0 radical (unpaired) electrons. The molecule has 0 saturated heterocycles. The summed E-state index contributed by atoms with van der Waals surface area (Å²) in [5.74, 6) is 0. The van der Waals surface area contributed by atoms with Crippen LogP contribution in [0.3, 0.4) is 0 Å². The zero-order chi connectivity index (χ0) is 14.3. The molecule has 0 unspecified atom stereocenters. The van der Waals surface area contributed by atoms with Crippen molar-refractivity contribution in [3.05, 3.63) is 39.9 Å². The number of nitrogens with one attached hydrogen (secondary N) is 1. The molecule has 19 heavy (non-hydrogen) atoms. The van der Waals surface area contributed by atoms with Crippen molar-refractivity contribution in [1.82, 2.24) is 5.32 Å². The zero-order valence-electron chi connectivity index (χ0n) is 11.8. The van der Waals surface area contributed by atoms with Gasteiger partial charge in [-0.2, -0.15) is 0 Å². The molecule has 0 aliphatic rings. The van der Waals surface area contributed by atoms with Gasteiger partial charge in [-0.3, -0.25) is 10.1 Å². The highest BCUT2D eigenvalue weighted by Gasteiger charge is 2.16. The Hall–Kier alpha value is -1.46. The van der Waals surface area contributed by atoms with E-state index in [1.54, 1.807) is 19.2 Å². The molecule has 106 valence electrons. The Morgan fingerprint density at radius 2 is 1.95 bits per heavy atom. The van der Waals surface area contributed by atoms with E-state index in [0.29, 0.717) is 6.54 Å². The summed E-state index contributed by atoms with van der Waals surface area (Å²) < 4.78 is 5.09. The van der Waals surface area contributed by atoms with Crippen LogP contribution in [0.5, 0.6) is 0 Å². The summed E-state index contributed by atoms with van der Waals surface area (Å²) in [6, 6.07) is 6.64. The molecule has 1 N–H and O–H groups in total. The van der Waals surface area contributed by atoms with Gasteiger partial charge in [-0.15, -0.1) is 0 Å². The zero-order valence-corrected chi connectivity index (χ0v) is 11.8. The van der Waals surface area contributed by atoms with Crippen LogP contribution in [0.15, 0.2) is 24.3 Å². The second-order valence-electron chi connectivity index (χ2n) is 5.43. The van der Waals surface area contributed by atoms with Gasteiger partial charge in [0.2, 0.25) is 0 Å². The van der Waals surface area contributed by atoms with E-state index in [1.807, 2.05) is 0 Å². The lowest BCUT2D eigenvalue weighted by Gasteiger charge is -2.24. The minimum absolute atomic E-state index is 0.129. The number of ether oxygens (including phenoxy) is 1. The fourth-order valence-corrected chi connectivity index (χ4v) is 1.75. The van der Waals surface area contributed by atoms with Gasteiger partial charge in [-0.05, 0) is 17.4 Å². The quantitative estimate of drug-likeness (QED) is 0.580. The maximum Gasteiger partial charge on any atom is 0.269 e. The first-order valence-electron chi connectivity index (χ1n) is 6.37. The second kappa shape index (κ2) is 7.21. The number of nitro benzene ring substituents is 1. The fourth-order valence-electron chi connectivity index (χ4n) is 1.75. The van der Waals surface area contributed by atoms with Crippen LogP contribution in [0.25, 0.3) is 0 Å². The number of nitro groups is 1. The molecule has 0 bridgehead atoms. The number of rotatable bonds is 8. The van der Waals surface area contributed by atoms with E-state index in [1.165, 1.54) is 12.1 Å². The molecule has 0 heterocycles. The maximum absolute atomic E-state index is 10.5. The van der Waals surface area contributed by atoms with Gasteiger partial charge in [-0.25, -0.2) is 0 Å². The van der Waals surface area contributed by atoms with E-state index in [0.717, 1.165) is 25.1 Å². The highest BCUT2D eigenvalue weighted by molar-refractivity contribution is 5.32. The van der Waals surface area contributed by atoms with Crippen molar-refractivity contribution in [2.75, 3.05) is 20.3 Å². The van der Waals surface area contributed by atoms with Gasteiger partial charge in [0, 0.05) is 38.9 Å². The van der Waals surface area contributed by atoms with Crippen molar-refractivity contribution >= 4 is 5.69 Å². The Morgan fingerprint density at radius 3 is 2.47 bits per heavy atom. The minimum atomic E-state index is -0.384. The van der Waals surface area contributed by atoms with Gasteiger partial charge < -0.3 is 10.1 Å². The molecule has 1 aromatic carbocycles. The molecule has 0 spiro atoms. The number of benzene rings is 1. The van der Waals surface area contributed by atoms with Crippen LogP contribution in [0.4, 0.5) is 5.69 Å². The third-order valence-corrected chi connectivity index (χ3v) is 3.06. The van der Waals surface area contributed by atoms with E-state index < -0.39 is 0 Å². The monoisotopic (exact) mass is 266 g/mol. The van der Waals surface area contributed by atoms with Gasteiger partial charge in [0.25, 0.3) is 5.69 Å². The van der Waals surface area contributed by atoms with Gasteiger partial charge in [0.15, 0.2) is 0 Å². The number of hydrogen-bond acceptors (Lipinski definition) is 4. The van der Waals surface area contributed by atoms with Crippen molar-refractivity contribution in [3.63, 3.8) is 0 Å². The first-order valence-corrected chi connectivity index (χ1v) is 6.37. The Bertz CT molecular complexity index is 402. The van der Waals surface area contributed by atoms with Crippen molar-refractivity contribution in [3.8, 4) is 0 Å². The molecule has 0 atom stereocenters. The van der Waals surface area contributed by atoms with Crippen molar-refractivity contribution in [1.29, 1.82) is 0 Å². The Morgan fingerprint density at radius 1 is 1.32 bits per heavy atom. The molecule has 1 aromatic rings. The Labute approximate surface area is 114 Å². The lowest BCUT2D eigenvalue weighted by atomic mass is 9.89. The Balaban J connectivity index is 2.38. The smallest absolute Gasteiger partial charge is 0.269 e. The summed E-state index contributed by atoms with van der Waals surface area (Å²) in [6.45, 7) is 6.73. The van der Waals surface area contributed by atoms with Crippen LogP contribution < -0.4 is 5.32 Å². The van der Waals surface area contributed by atoms with E-state index in [2.05, 4.69) is 19.2 Å². The summed E-state index contributed by atoms with van der Waals surface area (Å²) in [5.41, 5.74) is 1.36. The molecular formula is C14H22N2O3. The molecule has 0 saturated carbocycles. The molecule has 0 aromatic heterocycles. The summed E-state index contributed by atoms with van der Waals surface area (Å²) in [4.78, 5) is 10.2.